The Balaban J connectivity index is 2.30. The van der Waals surface area contributed by atoms with Gasteiger partial charge in [-0.25, -0.2) is 8.42 Å². The Bertz CT molecular complexity index is 993. The first-order valence-corrected chi connectivity index (χ1v) is 9.97. The summed E-state index contributed by atoms with van der Waals surface area (Å²) >= 11 is 0. The third kappa shape index (κ3) is 5.76. The molecular formula is C18H19F3N2O5S. The predicted octanol–water partition coefficient (Wildman–Crippen LogP) is 3.13. The van der Waals surface area contributed by atoms with Crippen molar-refractivity contribution in [3.05, 3.63) is 48.0 Å². The number of carbonyl (C=O) groups excluding carboxylic acids is 1. The zero-order valence-electron chi connectivity index (χ0n) is 15.8. The van der Waals surface area contributed by atoms with Crippen LogP contribution in [0.3, 0.4) is 0 Å². The van der Waals surface area contributed by atoms with E-state index in [2.05, 4.69) is 5.32 Å². The van der Waals surface area contributed by atoms with Crippen molar-refractivity contribution in [2.75, 3.05) is 36.6 Å². The van der Waals surface area contributed by atoms with Crippen molar-refractivity contribution in [1.82, 2.24) is 0 Å². The first-order valence-electron chi connectivity index (χ1n) is 8.12. The number of rotatable bonds is 7. The van der Waals surface area contributed by atoms with Crippen LogP contribution in [-0.4, -0.2) is 41.3 Å². The molecule has 2 aromatic carbocycles. The molecule has 0 radical (unpaired) electrons. The topological polar surface area (TPSA) is 84.9 Å². The molecule has 11 heteroatoms. The van der Waals surface area contributed by atoms with Crippen LogP contribution in [0.15, 0.2) is 42.5 Å². The summed E-state index contributed by atoms with van der Waals surface area (Å²) in [6, 6.07) is 8.36. The first kappa shape index (κ1) is 22.3. The van der Waals surface area contributed by atoms with Crippen molar-refractivity contribution in [2.45, 2.75) is 6.18 Å². The van der Waals surface area contributed by atoms with Gasteiger partial charge in [0, 0.05) is 11.8 Å². The molecule has 158 valence electrons. The van der Waals surface area contributed by atoms with Gasteiger partial charge in [-0.1, -0.05) is 6.07 Å². The minimum Gasteiger partial charge on any atom is -0.497 e. The van der Waals surface area contributed by atoms with Gasteiger partial charge in [0.15, 0.2) is 0 Å². The highest BCUT2D eigenvalue weighted by molar-refractivity contribution is 7.92. The molecule has 0 bridgehead atoms. The van der Waals surface area contributed by atoms with Crippen molar-refractivity contribution in [3.8, 4) is 11.5 Å². The highest BCUT2D eigenvalue weighted by atomic mass is 32.2. The standard InChI is InChI=1S/C18H19F3N2O5S/c1-27-14-7-8-15(16(10-14)28-2)23(29(3,25)26)11-17(24)22-13-6-4-5-12(9-13)18(19,20)21/h4-10H,11H2,1-3H3,(H,22,24). The Hall–Kier alpha value is -2.95. The van der Waals surface area contributed by atoms with Gasteiger partial charge < -0.3 is 14.8 Å². The van der Waals surface area contributed by atoms with E-state index in [1.165, 1.54) is 38.5 Å². The number of benzene rings is 2. The Kier molecular flexibility index (Phi) is 6.62. The monoisotopic (exact) mass is 432 g/mol. The van der Waals surface area contributed by atoms with Crippen LogP contribution in [0.25, 0.3) is 0 Å². The molecule has 1 amide bonds. The summed E-state index contributed by atoms with van der Waals surface area (Å²) in [7, 11) is -1.17. The number of ether oxygens (including phenoxy) is 2. The van der Waals surface area contributed by atoms with Gasteiger partial charge in [-0.15, -0.1) is 0 Å². The van der Waals surface area contributed by atoms with Gasteiger partial charge >= 0.3 is 6.18 Å². The van der Waals surface area contributed by atoms with Crippen LogP contribution in [0, 0.1) is 0 Å². The van der Waals surface area contributed by atoms with E-state index in [0.29, 0.717) is 5.75 Å². The lowest BCUT2D eigenvalue weighted by Crippen LogP contribution is -2.37. The van der Waals surface area contributed by atoms with Gasteiger partial charge in [-0.05, 0) is 30.3 Å². The average molecular weight is 432 g/mol. The summed E-state index contributed by atoms with van der Waals surface area (Å²) in [5, 5.41) is 2.28. The fraction of sp³-hybridized carbons (Fsp3) is 0.278. The van der Waals surface area contributed by atoms with E-state index < -0.39 is 34.2 Å². The molecular weight excluding hydrogens is 413 g/mol. The SMILES string of the molecule is COc1ccc(N(CC(=O)Nc2cccc(C(F)(F)F)c2)S(C)(=O)=O)c(OC)c1. The number of anilines is 2. The van der Waals surface area contributed by atoms with Crippen molar-refractivity contribution in [3.63, 3.8) is 0 Å². The molecule has 0 fully saturated rings. The number of nitrogens with zero attached hydrogens (tertiary/aromatic N) is 1. The predicted molar refractivity (Wildman–Crippen MR) is 102 cm³/mol. The van der Waals surface area contributed by atoms with Crippen molar-refractivity contribution < 1.29 is 35.9 Å². The van der Waals surface area contributed by atoms with Crippen LogP contribution in [0.1, 0.15) is 5.56 Å². The number of carbonyl (C=O) groups is 1. The number of alkyl halides is 3. The van der Waals surface area contributed by atoms with Gasteiger partial charge in [-0.2, -0.15) is 13.2 Å². The zero-order chi connectivity index (χ0) is 21.8. The van der Waals surface area contributed by atoms with Crippen LogP contribution in [0.4, 0.5) is 24.5 Å². The molecule has 2 rings (SSSR count). The minimum atomic E-state index is -4.57. The maximum atomic E-state index is 12.8. The Morgan fingerprint density at radius 1 is 1.10 bits per heavy atom. The highest BCUT2D eigenvalue weighted by Crippen LogP contribution is 2.34. The van der Waals surface area contributed by atoms with Crippen LogP contribution < -0.4 is 19.1 Å². The summed E-state index contributed by atoms with van der Waals surface area (Å²) in [6.45, 7) is -0.669. The molecule has 0 unspecified atom stereocenters. The number of sulfonamides is 1. The maximum Gasteiger partial charge on any atom is 0.416 e. The van der Waals surface area contributed by atoms with Gasteiger partial charge in [0.1, 0.15) is 18.0 Å². The van der Waals surface area contributed by atoms with Crippen LogP contribution in [-0.2, 0) is 21.0 Å². The molecule has 0 saturated carbocycles. The largest absolute Gasteiger partial charge is 0.497 e. The number of hydrogen-bond acceptors (Lipinski definition) is 5. The van der Waals surface area contributed by atoms with E-state index in [-0.39, 0.29) is 17.1 Å². The van der Waals surface area contributed by atoms with E-state index in [0.717, 1.165) is 28.8 Å². The molecule has 7 nitrogen and oxygen atoms in total. The molecule has 0 aliphatic rings. The van der Waals surface area contributed by atoms with E-state index in [4.69, 9.17) is 9.47 Å². The normalized spacial score (nSPS) is 11.7. The Morgan fingerprint density at radius 3 is 2.34 bits per heavy atom. The molecule has 0 aliphatic carbocycles. The molecule has 0 atom stereocenters. The second-order valence-corrected chi connectivity index (χ2v) is 7.84. The molecule has 0 saturated heterocycles. The highest BCUT2D eigenvalue weighted by Gasteiger charge is 2.30. The number of nitrogens with one attached hydrogen (secondary N) is 1. The summed E-state index contributed by atoms with van der Waals surface area (Å²) in [5.41, 5.74) is -0.970. The quantitative estimate of drug-likeness (QED) is 0.727. The second kappa shape index (κ2) is 8.60. The molecule has 2 aromatic rings. The van der Waals surface area contributed by atoms with E-state index in [9.17, 15) is 26.4 Å². The number of methoxy groups -OCH3 is 2. The van der Waals surface area contributed by atoms with Crippen LogP contribution in [0.2, 0.25) is 0 Å². The lowest BCUT2D eigenvalue weighted by atomic mass is 10.2. The third-order valence-corrected chi connectivity index (χ3v) is 4.94. The fourth-order valence-corrected chi connectivity index (χ4v) is 3.34. The summed E-state index contributed by atoms with van der Waals surface area (Å²) < 4.78 is 73.9. The summed E-state index contributed by atoms with van der Waals surface area (Å²) in [6.07, 6.45) is -3.68. The Morgan fingerprint density at radius 2 is 1.79 bits per heavy atom. The van der Waals surface area contributed by atoms with E-state index >= 15 is 0 Å². The maximum absolute atomic E-state index is 12.8. The Labute approximate surface area is 166 Å². The van der Waals surface area contributed by atoms with Crippen molar-refractivity contribution in [1.29, 1.82) is 0 Å². The van der Waals surface area contributed by atoms with Gasteiger partial charge in [0.05, 0.1) is 31.7 Å². The van der Waals surface area contributed by atoms with E-state index in [1.54, 1.807) is 0 Å². The van der Waals surface area contributed by atoms with Gasteiger partial charge in [0.25, 0.3) is 0 Å². The molecule has 0 aliphatic heterocycles. The van der Waals surface area contributed by atoms with Crippen molar-refractivity contribution in [2.24, 2.45) is 0 Å². The average Bonchev–Trinajstić information content (AvgIpc) is 2.64. The van der Waals surface area contributed by atoms with Crippen molar-refractivity contribution >= 4 is 27.3 Å². The summed E-state index contributed by atoms with van der Waals surface area (Å²) in [4.78, 5) is 12.4. The van der Waals surface area contributed by atoms with E-state index in [1.807, 2.05) is 0 Å². The third-order valence-electron chi connectivity index (χ3n) is 3.82. The first-order chi connectivity index (χ1) is 13.5. The van der Waals surface area contributed by atoms with Gasteiger partial charge in [-0.3, -0.25) is 9.10 Å². The fourth-order valence-electron chi connectivity index (χ4n) is 2.48. The summed E-state index contributed by atoms with van der Waals surface area (Å²) in [5.74, 6) is -0.276. The molecule has 0 aromatic heterocycles. The lowest BCUT2D eigenvalue weighted by molar-refractivity contribution is -0.137. The minimum absolute atomic E-state index is 0.0787. The second-order valence-electron chi connectivity index (χ2n) is 5.93. The number of amides is 1. The van der Waals surface area contributed by atoms with Gasteiger partial charge in [0.2, 0.25) is 15.9 Å². The number of hydrogen-bond donors (Lipinski definition) is 1. The molecule has 1 N–H and O–H groups in total. The molecule has 0 heterocycles. The molecule has 29 heavy (non-hydrogen) atoms. The number of halogens is 3. The van der Waals surface area contributed by atoms with Crippen LogP contribution in [0.5, 0.6) is 11.5 Å². The lowest BCUT2D eigenvalue weighted by Gasteiger charge is -2.24. The molecule has 0 spiro atoms. The van der Waals surface area contributed by atoms with Crippen LogP contribution >= 0.6 is 0 Å². The smallest absolute Gasteiger partial charge is 0.416 e. The zero-order valence-corrected chi connectivity index (χ0v) is 16.6.